The Morgan fingerprint density at radius 1 is 1.00 bits per heavy atom. The number of piperidine rings is 2. The molecular formula is C41H50B2FN8O2. The second-order valence-corrected chi connectivity index (χ2v) is 16.4. The molecule has 54 heavy (non-hydrogen) atoms. The average molecular weight is 728 g/mol. The van der Waals surface area contributed by atoms with Crippen molar-refractivity contribution < 1.29 is 14.0 Å². The van der Waals surface area contributed by atoms with Gasteiger partial charge in [-0.1, -0.05) is 18.6 Å². The largest absolute Gasteiger partial charge is 0.356 e. The number of fused-ring (bicyclic) bond motifs is 3. The molecule has 0 unspecified atom stereocenters. The molecule has 5 heterocycles. The predicted octanol–water partition coefficient (Wildman–Crippen LogP) is 6.41. The number of likely N-dealkylation sites (tertiary alicyclic amines) is 1. The number of amides is 2. The second-order valence-electron chi connectivity index (χ2n) is 16.4. The molecule has 3 aliphatic heterocycles. The molecule has 279 valence electrons. The Labute approximate surface area is 319 Å². The molecule has 0 bridgehead atoms. The summed E-state index contributed by atoms with van der Waals surface area (Å²) >= 11 is 0. The summed E-state index contributed by atoms with van der Waals surface area (Å²) in [6.45, 7) is 13.4. The Kier molecular flexibility index (Phi) is 9.83. The summed E-state index contributed by atoms with van der Waals surface area (Å²) < 4.78 is 17.7. The Morgan fingerprint density at radius 2 is 1.74 bits per heavy atom. The van der Waals surface area contributed by atoms with Gasteiger partial charge < -0.3 is 29.8 Å². The highest BCUT2D eigenvalue weighted by Crippen LogP contribution is 2.52. The van der Waals surface area contributed by atoms with Gasteiger partial charge in [-0.15, -0.1) is 0 Å². The third kappa shape index (κ3) is 6.40. The smallest absolute Gasteiger partial charge is 0.251 e. The van der Waals surface area contributed by atoms with Crippen molar-refractivity contribution >= 4 is 55.1 Å². The minimum absolute atomic E-state index is 0.0636. The van der Waals surface area contributed by atoms with Crippen molar-refractivity contribution in [2.75, 3.05) is 36.4 Å². The highest BCUT2D eigenvalue weighted by atomic mass is 19.1. The highest BCUT2D eigenvalue weighted by Gasteiger charge is 2.55. The molecule has 13 heteroatoms. The van der Waals surface area contributed by atoms with E-state index in [4.69, 9.17) is 17.7 Å². The Bertz CT molecular complexity index is 2080. The van der Waals surface area contributed by atoms with Gasteiger partial charge in [-0.3, -0.25) is 9.59 Å². The van der Waals surface area contributed by atoms with Gasteiger partial charge in [0, 0.05) is 48.7 Å². The van der Waals surface area contributed by atoms with E-state index in [2.05, 4.69) is 57.3 Å². The number of aryl methyl sites for hydroxylation is 1. The summed E-state index contributed by atoms with van der Waals surface area (Å²) in [4.78, 5) is 44.6. The number of carbonyl (C=O) groups is 2. The van der Waals surface area contributed by atoms with E-state index in [0.717, 1.165) is 74.2 Å². The zero-order chi connectivity index (χ0) is 37.9. The van der Waals surface area contributed by atoms with Crippen molar-refractivity contribution in [3.63, 3.8) is 0 Å². The van der Waals surface area contributed by atoms with Gasteiger partial charge >= 0.3 is 0 Å². The topological polar surface area (TPSA) is 98.6 Å². The van der Waals surface area contributed by atoms with Crippen molar-refractivity contribution in [2.24, 2.45) is 0 Å². The van der Waals surface area contributed by atoms with Crippen molar-refractivity contribution in [1.82, 2.24) is 29.6 Å². The van der Waals surface area contributed by atoms with Crippen molar-refractivity contribution in [3.8, 4) is 11.3 Å². The number of hydrogen-bond donors (Lipinski definition) is 2. The summed E-state index contributed by atoms with van der Waals surface area (Å²) in [5, 5.41) is 6.19. The van der Waals surface area contributed by atoms with E-state index in [-0.39, 0.29) is 35.6 Å². The molecule has 1 spiro atoms. The molecular weight excluding hydrogens is 677 g/mol. The number of imidazole rings is 1. The van der Waals surface area contributed by atoms with Gasteiger partial charge in [0.1, 0.15) is 18.6 Å². The predicted molar refractivity (Wildman–Crippen MR) is 214 cm³/mol. The lowest BCUT2D eigenvalue weighted by Gasteiger charge is -2.48. The molecule has 2 aromatic carbocycles. The zero-order valence-corrected chi connectivity index (χ0v) is 32.2. The van der Waals surface area contributed by atoms with Crippen LogP contribution in [-0.4, -0.2) is 95.4 Å². The first kappa shape index (κ1) is 36.7. The Balaban J connectivity index is 1.19. The number of rotatable bonds is 9. The Hall–Kier alpha value is -4.22. The van der Waals surface area contributed by atoms with Crippen LogP contribution in [0.1, 0.15) is 100 Å². The first-order valence-corrected chi connectivity index (χ1v) is 19.7. The van der Waals surface area contributed by atoms with Gasteiger partial charge in [-0.2, -0.15) is 0 Å². The fourth-order valence-electron chi connectivity index (χ4n) is 9.17. The van der Waals surface area contributed by atoms with Crippen molar-refractivity contribution in [1.29, 1.82) is 0 Å². The molecule has 2 N–H and O–H groups in total. The molecule has 4 aromatic rings. The maximum absolute atomic E-state index is 15.7. The van der Waals surface area contributed by atoms with E-state index in [9.17, 15) is 9.59 Å². The molecule has 0 atom stereocenters. The van der Waals surface area contributed by atoms with E-state index < -0.39 is 11.2 Å². The van der Waals surface area contributed by atoms with E-state index in [0.29, 0.717) is 34.2 Å². The summed E-state index contributed by atoms with van der Waals surface area (Å²) in [5.74, 6) is -0.101. The van der Waals surface area contributed by atoms with Crippen LogP contribution in [0.5, 0.6) is 0 Å². The summed E-state index contributed by atoms with van der Waals surface area (Å²) in [6.07, 6.45) is 9.00. The minimum Gasteiger partial charge on any atom is -0.356 e. The lowest BCUT2D eigenvalue weighted by Crippen LogP contribution is -2.58. The molecule has 3 radical (unpaired) electrons. The Morgan fingerprint density at radius 3 is 2.43 bits per heavy atom. The first-order chi connectivity index (χ1) is 26.0. The SMILES string of the molecule is [B][B]N1CCC2(CC1)C(=O)N(C1CC(N3CCCCC3)C1)c1cc(-c3cc4ncn(C(C)C)c4c(Nc4cc(C(=O)NC(C)C)c(C)cc4F)n3)ccc12. The summed E-state index contributed by atoms with van der Waals surface area (Å²) in [5.41, 5.74) is 5.54. The number of pyridine rings is 1. The van der Waals surface area contributed by atoms with Crippen LogP contribution in [0.15, 0.2) is 42.7 Å². The maximum Gasteiger partial charge on any atom is 0.251 e. The fourth-order valence-corrected chi connectivity index (χ4v) is 9.17. The van der Waals surface area contributed by atoms with Crippen molar-refractivity contribution in [3.05, 3.63) is 65.2 Å². The van der Waals surface area contributed by atoms with E-state index in [1.54, 1.807) is 26.6 Å². The van der Waals surface area contributed by atoms with Gasteiger partial charge in [0.2, 0.25) is 5.91 Å². The average Bonchev–Trinajstić information content (AvgIpc) is 3.67. The summed E-state index contributed by atoms with van der Waals surface area (Å²) in [6, 6.07) is 11.9. The highest BCUT2D eigenvalue weighted by molar-refractivity contribution is 6.87. The van der Waals surface area contributed by atoms with Crippen LogP contribution in [-0.2, 0) is 10.2 Å². The van der Waals surface area contributed by atoms with Crippen LogP contribution in [0.4, 0.5) is 21.6 Å². The fraction of sp³-hybridized carbons (Fsp3) is 0.512. The van der Waals surface area contributed by atoms with Crippen LogP contribution in [0.3, 0.4) is 0 Å². The molecule has 8 rings (SSSR count). The molecule has 2 saturated heterocycles. The molecule has 10 nitrogen and oxygen atoms in total. The molecule has 2 amide bonds. The third-order valence-corrected chi connectivity index (χ3v) is 12.3. The molecule has 3 fully saturated rings. The standard InChI is InChI=1S/C41H50B2FN8O2/c1-24(2)46-39(53)30-21-34(32(44)17-26(30)5)48-38-37-35(45-23-51(37)25(3)4)22-33(47-38)27-9-10-31-36(18-27)52(29-19-28(20-29)49-13-7-6-8-14-49)40(54)41(31)11-15-50(43-42)16-12-41/h9-10,17-18,21-25,28-29H,6-8,11-16,19-20H2,1-5H3,(H,46,53)(H,47,48). The van der Waals surface area contributed by atoms with Gasteiger partial charge in [-0.05, 0) is 135 Å². The number of hydrogen-bond acceptors (Lipinski definition) is 7. The first-order valence-electron chi connectivity index (χ1n) is 19.7. The van der Waals surface area contributed by atoms with E-state index in [1.807, 2.05) is 24.5 Å². The second kappa shape index (κ2) is 14.5. The van der Waals surface area contributed by atoms with Crippen LogP contribution < -0.4 is 15.5 Å². The number of carbonyl (C=O) groups excluding carboxylic acids is 2. The van der Waals surface area contributed by atoms with Crippen LogP contribution in [0, 0.1) is 12.7 Å². The van der Waals surface area contributed by atoms with Crippen LogP contribution in [0.2, 0.25) is 0 Å². The molecule has 1 saturated carbocycles. The lowest BCUT2D eigenvalue weighted by molar-refractivity contribution is -0.125. The quantitative estimate of drug-likeness (QED) is 0.193. The monoisotopic (exact) mass is 727 g/mol. The van der Waals surface area contributed by atoms with Gasteiger partial charge in [0.05, 0.1) is 28.6 Å². The number of halogens is 1. The van der Waals surface area contributed by atoms with Gasteiger partial charge in [-0.25, -0.2) is 14.4 Å². The van der Waals surface area contributed by atoms with Crippen LogP contribution in [0.25, 0.3) is 22.3 Å². The van der Waals surface area contributed by atoms with E-state index >= 15 is 4.39 Å². The number of anilines is 3. The number of nitrogens with one attached hydrogen (secondary N) is 2. The normalized spacial score (nSPS) is 21.6. The molecule has 1 aliphatic carbocycles. The summed E-state index contributed by atoms with van der Waals surface area (Å²) in [7, 11) is 7.55. The van der Waals surface area contributed by atoms with Gasteiger partial charge in [0.25, 0.3) is 5.91 Å². The number of aromatic nitrogens is 3. The minimum atomic E-state index is -0.577. The number of nitrogens with zero attached hydrogens (tertiary/aromatic N) is 6. The lowest BCUT2D eigenvalue weighted by atomic mass is 9.62. The maximum atomic E-state index is 15.7. The van der Waals surface area contributed by atoms with E-state index in [1.165, 1.54) is 25.3 Å². The zero-order valence-electron chi connectivity index (χ0n) is 32.2. The van der Waals surface area contributed by atoms with Crippen molar-refractivity contribution in [2.45, 2.75) is 109 Å². The van der Waals surface area contributed by atoms with Gasteiger partial charge in [0.15, 0.2) is 5.82 Å². The molecule has 4 aliphatic rings. The number of benzene rings is 2. The van der Waals surface area contributed by atoms with Crippen LogP contribution >= 0.6 is 0 Å². The molecule has 2 aromatic heterocycles. The third-order valence-electron chi connectivity index (χ3n) is 12.3.